The molecule has 1 aliphatic heterocycles. The molecule has 1 heterocycles. The SMILES string of the molecule is CC(NC(=O)CN1CCN(Cc2ccc(F)cc2)CC1)c1ccccc1. The van der Waals surface area contributed by atoms with Crippen LogP contribution in [0.15, 0.2) is 54.6 Å². The van der Waals surface area contributed by atoms with Crippen LogP contribution in [-0.2, 0) is 11.3 Å². The zero-order valence-corrected chi connectivity index (χ0v) is 15.2. The van der Waals surface area contributed by atoms with E-state index >= 15 is 0 Å². The van der Waals surface area contributed by atoms with Gasteiger partial charge in [-0.05, 0) is 30.2 Å². The number of hydrogen-bond donors (Lipinski definition) is 1. The Morgan fingerprint density at radius 3 is 2.27 bits per heavy atom. The molecule has 138 valence electrons. The van der Waals surface area contributed by atoms with E-state index in [-0.39, 0.29) is 17.8 Å². The van der Waals surface area contributed by atoms with E-state index in [4.69, 9.17) is 0 Å². The fourth-order valence-corrected chi connectivity index (χ4v) is 3.27. The first-order chi connectivity index (χ1) is 12.6. The summed E-state index contributed by atoms with van der Waals surface area (Å²) >= 11 is 0. The van der Waals surface area contributed by atoms with Gasteiger partial charge in [-0.2, -0.15) is 0 Å². The van der Waals surface area contributed by atoms with Crippen molar-refractivity contribution in [2.24, 2.45) is 0 Å². The van der Waals surface area contributed by atoms with Crippen LogP contribution in [0.5, 0.6) is 0 Å². The lowest BCUT2D eigenvalue weighted by molar-refractivity contribution is -0.123. The second-order valence-electron chi connectivity index (χ2n) is 6.88. The third kappa shape index (κ3) is 5.38. The summed E-state index contributed by atoms with van der Waals surface area (Å²) < 4.78 is 13.0. The molecule has 2 aromatic carbocycles. The molecular weight excluding hydrogens is 329 g/mol. The summed E-state index contributed by atoms with van der Waals surface area (Å²) in [6.45, 7) is 6.83. The third-order valence-corrected chi connectivity index (χ3v) is 4.83. The molecule has 0 saturated carbocycles. The van der Waals surface area contributed by atoms with Gasteiger partial charge in [0.15, 0.2) is 0 Å². The van der Waals surface area contributed by atoms with Crippen LogP contribution < -0.4 is 5.32 Å². The fourth-order valence-electron chi connectivity index (χ4n) is 3.27. The highest BCUT2D eigenvalue weighted by Crippen LogP contribution is 2.12. The van der Waals surface area contributed by atoms with E-state index in [1.807, 2.05) is 49.4 Å². The Morgan fingerprint density at radius 2 is 1.62 bits per heavy atom. The maximum absolute atomic E-state index is 13.0. The molecule has 1 saturated heterocycles. The first kappa shape index (κ1) is 18.5. The number of benzene rings is 2. The monoisotopic (exact) mass is 355 g/mol. The zero-order chi connectivity index (χ0) is 18.4. The van der Waals surface area contributed by atoms with Crippen LogP contribution in [0.25, 0.3) is 0 Å². The number of rotatable bonds is 6. The Morgan fingerprint density at radius 1 is 1.00 bits per heavy atom. The number of carbonyl (C=O) groups excluding carboxylic acids is 1. The minimum absolute atomic E-state index is 0.0171. The van der Waals surface area contributed by atoms with E-state index < -0.39 is 0 Å². The smallest absolute Gasteiger partial charge is 0.234 e. The van der Waals surface area contributed by atoms with Gasteiger partial charge in [0, 0.05) is 32.7 Å². The van der Waals surface area contributed by atoms with Crippen LogP contribution in [0, 0.1) is 5.82 Å². The highest BCUT2D eigenvalue weighted by Gasteiger charge is 2.20. The molecule has 0 radical (unpaired) electrons. The van der Waals surface area contributed by atoms with Crippen molar-refractivity contribution in [3.8, 4) is 0 Å². The number of amides is 1. The topological polar surface area (TPSA) is 35.6 Å². The highest BCUT2D eigenvalue weighted by atomic mass is 19.1. The van der Waals surface area contributed by atoms with E-state index in [9.17, 15) is 9.18 Å². The van der Waals surface area contributed by atoms with Crippen LogP contribution >= 0.6 is 0 Å². The Kier molecular flexibility index (Phi) is 6.36. The van der Waals surface area contributed by atoms with Crippen LogP contribution in [0.2, 0.25) is 0 Å². The predicted octanol–water partition coefficient (Wildman–Crippen LogP) is 2.82. The van der Waals surface area contributed by atoms with Crippen molar-refractivity contribution >= 4 is 5.91 Å². The summed E-state index contributed by atoms with van der Waals surface area (Å²) in [6, 6.07) is 16.7. The summed E-state index contributed by atoms with van der Waals surface area (Å²) in [5.41, 5.74) is 2.24. The van der Waals surface area contributed by atoms with E-state index in [2.05, 4.69) is 15.1 Å². The van der Waals surface area contributed by atoms with E-state index in [1.54, 1.807) is 0 Å². The van der Waals surface area contributed by atoms with Gasteiger partial charge in [-0.1, -0.05) is 42.5 Å². The van der Waals surface area contributed by atoms with Crippen LogP contribution in [0.1, 0.15) is 24.1 Å². The third-order valence-electron chi connectivity index (χ3n) is 4.83. The Bertz CT molecular complexity index is 697. The van der Waals surface area contributed by atoms with Crippen molar-refractivity contribution in [3.63, 3.8) is 0 Å². The van der Waals surface area contributed by atoms with Gasteiger partial charge in [0.05, 0.1) is 12.6 Å². The maximum Gasteiger partial charge on any atom is 0.234 e. The van der Waals surface area contributed by atoms with Gasteiger partial charge in [0.2, 0.25) is 5.91 Å². The lowest BCUT2D eigenvalue weighted by atomic mass is 10.1. The van der Waals surface area contributed by atoms with Crippen LogP contribution in [0.3, 0.4) is 0 Å². The van der Waals surface area contributed by atoms with Gasteiger partial charge >= 0.3 is 0 Å². The Hall–Kier alpha value is -2.24. The van der Waals surface area contributed by atoms with E-state index in [1.165, 1.54) is 12.1 Å². The lowest BCUT2D eigenvalue weighted by Gasteiger charge is -2.34. The molecule has 5 heteroatoms. The highest BCUT2D eigenvalue weighted by molar-refractivity contribution is 5.78. The molecule has 0 aromatic heterocycles. The van der Waals surface area contributed by atoms with Crippen LogP contribution in [0.4, 0.5) is 4.39 Å². The van der Waals surface area contributed by atoms with Gasteiger partial charge < -0.3 is 5.32 Å². The molecule has 1 atom stereocenters. The summed E-state index contributed by atoms with van der Waals surface area (Å²) in [4.78, 5) is 16.8. The van der Waals surface area contributed by atoms with Crippen LogP contribution in [-0.4, -0.2) is 48.4 Å². The van der Waals surface area contributed by atoms with Gasteiger partial charge in [0.25, 0.3) is 0 Å². The van der Waals surface area contributed by atoms with Gasteiger partial charge in [-0.15, -0.1) is 0 Å². The Balaban J connectivity index is 1.40. The van der Waals surface area contributed by atoms with Crippen molar-refractivity contribution in [2.75, 3.05) is 32.7 Å². The van der Waals surface area contributed by atoms with Crippen molar-refractivity contribution in [2.45, 2.75) is 19.5 Å². The number of hydrogen-bond acceptors (Lipinski definition) is 3. The average molecular weight is 355 g/mol. The van der Waals surface area contributed by atoms with Gasteiger partial charge in [-0.25, -0.2) is 4.39 Å². The molecule has 0 bridgehead atoms. The van der Waals surface area contributed by atoms with E-state index in [0.717, 1.165) is 43.9 Å². The molecule has 1 aliphatic rings. The standard InChI is InChI=1S/C21H26FN3O/c1-17(19-5-3-2-4-6-19)23-21(26)16-25-13-11-24(12-14-25)15-18-7-9-20(22)10-8-18/h2-10,17H,11-16H2,1H3,(H,23,26). The molecule has 26 heavy (non-hydrogen) atoms. The van der Waals surface area contributed by atoms with Crippen molar-refractivity contribution in [1.29, 1.82) is 0 Å². The number of piperazine rings is 1. The molecule has 1 amide bonds. The quantitative estimate of drug-likeness (QED) is 0.866. The minimum Gasteiger partial charge on any atom is -0.348 e. The molecule has 2 aromatic rings. The van der Waals surface area contributed by atoms with Crippen molar-refractivity contribution < 1.29 is 9.18 Å². The molecule has 3 rings (SSSR count). The maximum atomic E-state index is 13.0. The minimum atomic E-state index is -0.200. The first-order valence-corrected chi connectivity index (χ1v) is 9.13. The summed E-state index contributed by atoms with van der Waals surface area (Å²) in [7, 11) is 0. The first-order valence-electron chi connectivity index (χ1n) is 9.13. The summed E-state index contributed by atoms with van der Waals surface area (Å²) in [5.74, 6) is -0.136. The fraction of sp³-hybridized carbons (Fsp3) is 0.381. The second kappa shape index (κ2) is 8.92. The molecule has 1 N–H and O–H groups in total. The molecule has 0 aliphatic carbocycles. The molecule has 4 nitrogen and oxygen atoms in total. The molecule has 0 spiro atoms. The number of nitrogens with one attached hydrogen (secondary N) is 1. The number of halogens is 1. The summed E-state index contributed by atoms with van der Waals surface area (Å²) in [5, 5.41) is 3.07. The molecule has 1 unspecified atom stereocenters. The van der Waals surface area contributed by atoms with Gasteiger partial charge in [-0.3, -0.25) is 14.6 Å². The molecule has 1 fully saturated rings. The largest absolute Gasteiger partial charge is 0.348 e. The predicted molar refractivity (Wildman–Crippen MR) is 101 cm³/mol. The van der Waals surface area contributed by atoms with Crippen molar-refractivity contribution in [1.82, 2.24) is 15.1 Å². The normalized spacial score (nSPS) is 17.0. The summed E-state index contributed by atoms with van der Waals surface area (Å²) in [6.07, 6.45) is 0. The zero-order valence-electron chi connectivity index (χ0n) is 15.2. The van der Waals surface area contributed by atoms with E-state index in [0.29, 0.717) is 6.54 Å². The molecular formula is C21H26FN3O. The average Bonchev–Trinajstić information content (AvgIpc) is 2.66. The second-order valence-corrected chi connectivity index (χ2v) is 6.88. The number of carbonyl (C=O) groups is 1. The Labute approximate surface area is 154 Å². The van der Waals surface area contributed by atoms with Crippen molar-refractivity contribution in [3.05, 3.63) is 71.5 Å². The lowest BCUT2D eigenvalue weighted by Crippen LogP contribution is -2.49. The van der Waals surface area contributed by atoms with Gasteiger partial charge in [0.1, 0.15) is 5.82 Å². The number of nitrogens with zero attached hydrogens (tertiary/aromatic N) is 2.